The highest BCUT2D eigenvalue weighted by molar-refractivity contribution is 7.08. The van der Waals surface area contributed by atoms with E-state index in [2.05, 4.69) is 10.6 Å². The van der Waals surface area contributed by atoms with Crippen LogP contribution in [0.15, 0.2) is 28.1 Å². The van der Waals surface area contributed by atoms with Gasteiger partial charge >= 0.3 is 6.03 Å². The number of ketones is 1. The number of Topliss-reactive ketones (excluding diaryl/α,β-unsaturated/α-hetero) is 1. The summed E-state index contributed by atoms with van der Waals surface area (Å²) in [6, 6.07) is 1.42. The van der Waals surface area contributed by atoms with E-state index in [0.717, 1.165) is 24.0 Å². The van der Waals surface area contributed by atoms with Crippen LogP contribution in [0.2, 0.25) is 0 Å². The number of amides is 2. The molecule has 1 unspecified atom stereocenters. The highest BCUT2D eigenvalue weighted by atomic mass is 32.1. The summed E-state index contributed by atoms with van der Waals surface area (Å²) < 4.78 is 0. The summed E-state index contributed by atoms with van der Waals surface area (Å²) >= 11 is 1.57. The lowest BCUT2D eigenvalue weighted by Gasteiger charge is -2.28. The normalized spacial score (nSPS) is 23.6. The van der Waals surface area contributed by atoms with Crippen LogP contribution in [-0.2, 0) is 4.79 Å². The molecule has 1 saturated carbocycles. The Morgan fingerprint density at radius 3 is 2.83 bits per heavy atom. The molecule has 1 fully saturated rings. The van der Waals surface area contributed by atoms with Crippen molar-refractivity contribution in [3.8, 4) is 0 Å². The molecule has 1 aromatic heterocycles. The Morgan fingerprint density at radius 1 is 1.44 bits per heavy atom. The van der Waals surface area contributed by atoms with E-state index in [1.807, 2.05) is 16.8 Å². The minimum absolute atomic E-state index is 0.160. The van der Waals surface area contributed by atoms with E-state index in [1.165, 1.54) is 0 Å². The summed E-state index contributed by atoms with van der Waals surface area (Å²) in [5.41, 5.74) is 2.39. The zero-order valence-electron chi connectivity index (χ0n) is 10.0. The highest BCUT2D eigenvalue weighted by Crippen LogP contribution is 2.38. The van der Waals surface area contributed by atoms with Crippen LogP contribution in [0, 0.1) is 5.92 Å². The van der Waals surface area contributed by atoms with E-state index in [9.17, 15) is 9.59 Å². The molecule has 5 heteroatoms. The van der Waals surface area contributed by atoms with Crippen molar-refractivity contribution in [2.24, 2.45) is 5.92 Å². The van der Waals surface area contributed by atoms with Crippen LogP contribution in [0.25, 0.3) is 0 Å². The first-order valence-corrected chi connectivity index (χ1v) is 6.95. The number of carbonyl (C=O) groups is 2. The maximum absolute atomic E-state index is 12.3. The van der Waals surface area contributed by atoms with Crippen molar-refractivity contribution in [3.05, 3.63) is 33.7 Å². The Morgan fingerprint density at radius 2 is 2.22 bits per heavy atom. The Hall–Kier alpha value is -1.62. The predicted molar refractivity (Wildman–Crippen MR) is 69.2 cm³/mol. The second-order valence-corrected chi connectivity index (χ2v) is 5.55. The molecule has 18 heavy (non-hydrogen) atoms. The van der Waals surface area contributed by atoms with Gasteiger partial charge in [-0.05, 0) is 42.2 Å². The molecule has 1 aromatic rings. The van der Waals surface area contributed by atoms with Gasteiger partial charge in [-0.25, -0.2) is 4.79 Å². The molecule has 0 spiro atoms. The van der Waals surface area contributed by atoms with Crippen molar-refractivity contribution in [2.75, 3.05) is 0 Å². The lowest BCUT2D eigenvalue weighted by atomic mass is 9.92. The lowest BCUT2D eigenvalue weighted by Crippen LogP contribution is -2.45. The van der Waals surface area contributed by atoms with Gasteiger partial charge in [0.25, 0.3) is 0 Å². The first-order chi connectivity index (χ1) is 8.66. The van der Waals surface area contributed by atoms with Gasteiger partial charge in [0.2, 0.25) is 0 Å². The van der Waals surface area contributed by atoms with E-state index >= 15 is 0 Å². The van der Waals surface area contributed by atoms with Crippen LogP contribution in [-0.4, -0.2) is 11.8 Å². The average molecular weight is 262 g/mol. The maximum atomic E-state index is 12.3. The van der Waals surface area contributed by atoms with Crippen molar-refractivity contribution in [1.29, 1.82) is 0 Å². The zero-order valence-corrected chi connectivity index (χ0v) is 10.8. The first-order valence-electron chi connectivity index (χ1n) is 6.01. The summed E-state index contributed by atoms with van der Waals surface area (Å²) in [6.07, 6.45) is 1.94. The monoisotopic (exact) mass is 262 g/mol. The molecule has 3 rings (SSSR count). The van der Waals surface area contributed by atoms with E-state index < -0.39 is 0 Å². The van der Waals surface area contributed by atoms with Crippen LogP contribution >= 0.6 is 11.3 Å². The molecule has 0 saturated heterocycles. The van der Waals surface area contributed by atoms with E-state index in [1.54, 1.807) is 18.3 Å². The maximum Gasteiger partial charge on any atom is 0.319 e. The van der Waals surface area contributed by atoms with Gasteiger partial charge in [0, 0.05) is 17.2 Å². The van der Waals surface area contributed by atoms with Gasteiger partial charge in [-0.1, -0.05) is 0 Å². The number of carbonyl (C=O) groups excluding carboxylic acids is 2. The molecule has 0 aromatic carbocycles. The molecule has 2 aliphatic rings. The van der Waals surface area contributed by atoms with Gasteiger partial charge in [0.15, 0.2) is 5.78 Å². The fourth-order valence-electron chi connectivity index (χ4n) is 2.28. The molecular formula is C13H14N2O2S. The van der Waals surface area contributed by atoms with E-state index in [4.69, 9.17) is 0 Å². The van der Waals surface area contributed by atoms with Crippen LogP contribution < -0.4 is 10.6 Å². The molecular weight excluding hydrogens is 248 g/mol. The van der Waals surface area contributed by atoms with Gasteiger partial charge in [-0.15, -0.1) is 0 Å². The van der Waals surface area contributed by atoms with Crippen molar-refractivity contribution in [3.63, 3.8) is 0 Å². The summed E-state index contributed by atoms with van der Waals surface area (Å²) in [5, 5.41) is 9.47. The van der Waals surface area contributed by atoms with Crippen LogP contribution in [0.1, 0.15) is 31.4 Å². The summed E-state index contributed by atoms with van der Waals surface area (Å²) in [5.74, 6) is 0.337. The van der Waals surface area contributed by atoms with Crippen molar-refractivity contribution >= 4 is 23.2 Å². The second kappa shape index (κ2) is 4.24. The number of hydrogen-bond donors (Lipinski definition) is 2. The number of allylic oxidation sites excluding steroid dienone is 1. The molecule has 1 aliphatic heterocycles. The molecule has 1 aliphatic carbocycles. The fourth-order valence-corrected chi connectivity index (χ4v) is 2.96. The third-order valence-corrected chi connectivity index (χ3v) is 4.06. The lowest BCUT2D eigenvalue weighted by molar-refractivity contribution is -0.117. The van der Waals surface area contributed by atoms with Gasteiger partial charge in [0.05, 0.1) is 6.04 Å². The van der Waals surface area contributed by atoms with Crippen molar-refractivity contribution in [2.45, 2.75) is 25.8 Å². The average Bonchev–Trinajstić information content (AvgIpc) is 3.03. The van der Waals surface area contributed by atoms with Gasteiger partial charge in [-0.2, -0.15) is 11.3 Å². The van der Waals surface area contributed by atoms with Crippen LogP contribution in [0.3, 0.4) is 0 Å². The van der Waals surface area contributed by atoms with E-state index in [-0.39, 0.29) is 23.8 Å². The van der Waals surface area contributed by atoms with E-state index in [0.29, 0.717) is 5.70 Å². The number of urea groups is 1. The Labute approximate surface area is 109 Å². The van der Waals surface area contributed by atoms with Crippen LogP contribution in [0.4, 0.5) is 4.79 Å². The first kappa shape index (κ1) is 11.5. The van der Waals surface area contributed by atoms with Crippen LogP contribution in [0.5, 0.6) is 0 Å². The molecule has 2 heterocycles. The summed E-state index contributed by atoms with van der Waals surface area (Å²) in [7, 11) is 0. The largest absolute Gasteiger partial charge is 0.327 e. The second-order valence-electron chi connectivity index (χ2n) is 4.77. The SMILES string of the molecule is CC1=C(C(=O)C2CC2)C(c2ccsc2)NC(=O)N1. The van der Waals surface area contributed by atoms with Gasteiger partial charge < -0.3 is 10.6 Å². The Balaban J connectivity index is 2.01. The Kier molecular flexibility index (Phi) is 2.70. The number of hydrogen-bond acceptors (Lipinski definition) is 3. The topological polar surface area (TPSA) is 58.2 Å². The fraction of sp³-hybridized carbons (Fsp3) is 0.385. The predicted octanol–water partition coefficient (Wildman–Crippen LogP) is 2.36. The quantitative estimate of drug-likeness (QED) is 0.878. The summed E-state index contributed by atoms with van der Waals surface area (Å²) in [4.78, 5) is 23.9. The van der Waals surface area contributed by atoms with Crippen molar-refractivity contribution < 1.29 is 9.59 Å². The number of thiophene rings is 1. The smallest absolute Gasteiger partial charge is 0.319 e. The van der Waals surface area contributed by atoms with Gasteiger partial charge in [-0.3, -0.25) is 4.79 Å². The zero-order chi connectivity index (χ0) is 12.7. The molecule has 94 valence electrons. The molecule has 0 bridgehead atoms. The molecule has 4 nitrogen and oxygen atoms in total. The van der Waals surface area contributed by atoms with Crippen molar-refractivity contribution in [1.82, 2.24) is 10.6 Å². The standard InChI is InChI=1S/C13H14N2O2S/c1-7-10(12(16)8-2-3-8)11(15-13(17)14-7)9-4-5-18-6-9/h4-6,8,11H,2-3H2,1H3,(H2,14,15,17). The number of nitrogens with one attached hydrogen (secondary N) is 2. The molecule has 0 radical (unpaired) electrons. The third-order valence-electron chi connectivity index (χ3n) is 3.36. The summed E-state index contributed by atoms with van der Waals surface area (Å²) in [6.45, 7) is 1.80. The highest BCUT2D eigenvalue weighted by Gasteiger charge is 2.38. The minimum Gasteiger partial charge on any atom is -0.327 e. The number of rotatable bonds is 3. The van der Waals surface area contributed by atoms with Gasteiger partial charge in [0.1, 0.15) is 0 Å². The molecule has 2 amide bonds. The molecule has 2 N–H and O–H groups in total. The minimum atomic E-state index is -0.293. The molecule has 1 atom stereocenters. The third kappa shape index (κ3) is 1.95. The Bertz CT molecular complexity index is 529.